The molecule has 0 atom stereocenters. The van der Waals surface area contributed by atoms with Crippen LogP contribution in [0.4, 0.5) is 4.79 Å². The van der Waals surface area contributed by atoms with Crippen molar-refractivity contribution in [2.24, 2.45) is 5.73 Å². The summed E-state index contributed by atoms with van der Waals surface area (Å²) in [6.07, 6.45) is -1.27. The Hall–Kier alpha value is -1.55. The van der Waals surface area contributed by atoms with Crippen molar-refractivity contribution in [3.05, 3.63) is 35.4 Å². The van der Waals surface area contributed by atoms with Gasteiger partial charge in [0.2, 0.25) is 0 Å². The molecule has 3 N–H and O–H groups in total. The smallest absolute Gasteiger partial charge is 0.134 e. The second-order valence-corrected chi connectivity index (χ2v) is 2.67. The van der Waals surface area contributed by atoms with E-state index in [4.69, 9.17) is 5.73 Å². The number of amides is 1. The van der Waals surface area contributed by atoms with Crippen LogP contribution in [0.25, 0.3) is 0 Å². The standard InChI is InChI=1S/C9H12N2O2/c10-5-7-2-1-3-8(4-7)6-11-9(12)13/h1-4,11H,5-6,10H2,(H,12,13)/p-1. The Balaban J connectivity index is 2.61. The Morgan fingerprint density at radius 1 is 1.46 bits per heavy atom. The normalized spacial score (nSPS) is 9.62. The van der Waals surface area contributed by atoms with Crippen LogP contribution in [0.3, 0.4) is 0 Å². The Morgan fingerprint density at radius 3 is 2.77 bits per heavy atom. The predicted molar refractivity (Wildman–Crippen MR) is 46.6 cm³/mol. The maximum atomic E-state index is 10.1. The van der Waals surface area contributed by atoms with Crippen LogP contribution in [0.1, 0.15) is 11.1 Å². The highest BCUT2D eigenvalue weighted by Gasteiger charge is 1.93. The van der Waals surface area contributed by atoms with E-state index in [2.05, 4.69) is 5.32 Å². The summed E-state index contributed by atoms with van der Waals surface area (Å²) in [5.74, 6) is 0. The van der Waals surface area contributed by atoms with Gasteiger partial charge in [-0.2, -0.15) is 0 Å². The van der Waals surface area contributed by atoms with E-state index in [-0.39, 0.29) is 6.54 Å². The number of carboxylic acid groups (broad SMARTS) is 1. The van der Waals surface area contributed by atoms with Gasteiger partial charge >= 0.3 is 0 Å². The minimum absolute atomic E-state index is 0.260. The van der Waals surface area contributed by atoms with Crippen LogP contribution in [0, 0.1) is 0 Å². The maximum Gasteiger partial charge on any atom is 0.134 e. The van der Waals surface area contributed by atoms with Crippen LogP contribution in [-0.2, 0) is 13.1 Å². The van der Waals surface area contributed by atoms with E-state index >= 15 is 0 Å². The van der Waals surface area contributed by atoms with E-state index in [1.165, 1.54) is 0 Å². The van der Waals surface area contributed by atoms with Crippen LogP contribution >= 0.6 is 0 Å². The SMILES string of the molecule is NCc1cccc(CNC(=O)[O-])c1. The lowest BCUT2D eigenvalue weighted by molar-refractivity contribution is -0.251. The Bertz CT molecular complexity index is 299. The first-order valence-corrected chi connectivity index (χ1v) is 3.95. The van der Waals surface area contributed by atoms with Crippen molar-refractivity contribution >= 4 is 6.09 Å². The molecule has 0 aliphatic rings. The van der Waals surface area contributed by atoms with Crippen molar-refractivity contribution < 1.29 is 9.90 Å². The number of carbonyl (C=O) groups excluding carboxylic acids is 1. The monoisotopic (exact) mass is 179 g/mol. The van der Waals surface area contributed by atoms with E-state index in [0.29, 0.717) is 6.54 Å². The van der Waals surface area contributed by atoms with Gasteiger partial charge in [-0.25, -0.2) is 0 Å². The van der Waals surface area contributed by atoms with Gasteiger partial charge in [0.25, 0.3) is 0 Å². The van der Waals surface area contributed by atoms with Gasteiger partial charge in [0.1, 0.15) is 6.09 Å². The fourth-order valence-corrected chi connectivity index (χ4v) is 1.04. The summed E-state index contributed by atoms with van der Waals surface area (Å²) >= 11 is 0. The molecule has 1 rings (SSSR count). The van der Waals surface area contributed by atoms with Gasteiger partial charge in [-0.05, 0) is 11.1 Å². The van der Waals surface area contributed by atoms with Crippen molar-refractivity contribution in [1.29, 1.82) is 0 Å². The van der Waals surface area contributed by atoms with Crippen molar-refractivity contribution in [3.8, 4) is 0 Å². The lowest BCUT2D eigenvalue weighted by atomic mass is 10.1. The van der Waals surface area contributed by atoms with Gasteiger partial charge in [-0.3, -0.25) is 0 Å². The van der Waals surface area contributed by atoms with Crippen molar-refractivity contribution in [2.45, 2.75) is 13.1 Å². The van der Waals surface area contributed by atoms with Gasteiger partial charge in [-0.15, -0.1) is 0 Å². The molecule has 0 heterocycles. The quantitative estimate of drug-likeness (QED) is 0.661. The van der Waals surface area contributed by atoms with E-state index in [9.17, 15) is 9.90 Å². The summed E-state index contributed by atoms with van der Waals surface area (Å²) in [6, 6.07) is 7.42. The van der Waals surface area contributed by atoms with E-state index in [0.717, 1.165) is 11.1 Å². The minimum Gasteiger partial charge on any atom is -0.530 e. The van der Waals surface area contributed by atoms with Crippen molar-refractivity contribution in [2.75, 3.05) is 0 Å². The fourth-order valence-electron chi connectivity index (χ4n) is 1.04. The molecule has 0 radical (unpaired) electrons. The summed E-state index contributed by atoms with van der Waals surface area (Å²) in [6.45, 7) is 0.718. The molecule has 0 saturated heterocycles. The Kier molecular flexibility index (Phi) is 3.28. The maximum absolute atomic E-state index is 10.1. The molecule has 1 aromatic carbocycles. The molecule has 1 aromatic rings. The third-order valence-electron chi connectivity index (χ3n) is 1.66. The summed E-state index contributed by atoms with van der Waals surface area (Å²) in [5, 5.41) is 12.3. The van der Waals surface area contributed by atoms with E-state index in [1.54, 1.807) is 0 Å². The van der Waals surface area contributed by atoms with Crippen LogP contribution in [0.5, 0.6) is 0 Å². The highest BCUT2D eigenvalue weighted by Crippen LogP contribution is 2.03. The number of benzene rings is 1. The van der Waals surface area contributed by atoms with Crippen LogP contribution in [-0.4, -0.2) is 6.09 Å². The molecule has 4 heteroatoms. The summed E-state index contributed by atoms with van der Waals surface area (Å²) < 4.78 is 0. The molecule has 70 valence electrons. The second kappa shape index (κ2) is 4.47. The first kappa shape index (κ1) is 9.54. The average Bonchev–Trinajstić information content (AvgIpc) is 2.15. The molecular weight excluding hydrogens is 168 g/mol. The number of carbonyl (C=O) groups is 1. The molecule has 0 saturated carbocycles. The second-order valence-electron chi connectivity index (χ2n) is 2.67. The third kappa shape index (κ3) is 3.13. The first-order valence-electron chi connectivity index (χ1n) is 3.95. The van der Waals surface area contributed by atoms with Crippen LogP contribution < -0.4 is 16.2 Å². The molecule has 4 nitrogen and oxygen atoms in total. The summed E-state index contributed by atoms with van der Waals surface area (Å²) in [7, 11) is 0. The summed E-state index contributed by atoms with van der Waals surface area (Å²) in [5.41, 5.74) is 7.29. The highest BCUT2D eigenvalue weighted by atomic mass is 16.4. The van der Waals surface area contributed by atoms with Gasteiger partial charge in [0.15, 0.2) is 0 Å². The Morgan fingerprint density at radius 2 is 2.15 bits per heavy atom. The first-order chi connectivity index (χ1) is 6.22. The molecule has 0 spiro atoms. The summed E-state index contributed by atoms with van der Waals surface area (Å²) in [4.78, 5) is 10.1. The molecule has 0 aliphatic carbocycles. The van der Waals surface area contributed by atoms with Gasteiger partial charge < -0.3 is 21.0 Å². The minimum atomic E-state index is -1.27. The number of hydrogen-bond donors (Lipinski definition) is 2. The zero-order valence-corrected chi connectivity index (χ0v) is 7.12. The Labute approximate surface area is 76.4 Å². The van der Waals surface area contributed by atoms with Gasteiger partial charge in [0, 0.05) is 13.1 Å². The molecule has 0 fully saturated rings. The zero-order chi connectivity index (χ0) is 9.68. The number of nitrogens with one attached hydrogen (secondary N) is 1. The van der Waals surface area contributed by atoms with Crippen molar-refractivity contribution in [3.63, 3.8) is 0 Å². The molecule has 13 heavy (non-hydrogen) atoms. The zero-order valence-electron chi connectivity index (χ0n) is 7.12. The number of nitrogens with two attached hydrogens (primary N) is 1. The molecular formula is C9H11N2O2-. The number of hydrogen-bond acceptors (Lipinski definition) is 3. The van der Waals surface area contributed by atoms with E-state index < -0.39 is 6.09 Å². The molecule has 0 bridgehead atoms. The van der Waals surface area contributed by atoms with Gasteiger partial charge in [0.05, 0.1) is 0 Å². The topological polar surface area (TPSA) is 78.2 Å². The van der Waals surface area contributed by atoms with Gasteiger partial charge in [-0.1, -0.05) is 24.3 Å². The van der Waals surface area contributed by atoms with E-state index in [1.807, 2.05) is 24.3 Å². The molecule has 0 aliphatic heterocycles. The highest BCUT2D eigenvalue weighted by molar-refractivity contribution is 5.61. The van der Waals surface area contributed by atoms with Crippen LogP contribution in [0.15, 0.2) is 24.3 Å². The van der Waals surface area contributed by atoms with Crippen LogP contribution in [0.2, 0.25) is 0 Å². The third-order valence-corrected chi connectivity index (χ3v) is 1.66. The largest absolute Gasteiger partial charge is 0.530 e. The molecule has 1 amide bonds. The predicted octanol–water partition coefficient (Wildman–Crippen LogP) is -0.422. The molecule has 0 aromatic heterocycles. The average molecular weight is 179 g/mol. The van der Waals surface area contributed by atoms with Crippen molar-refractivity contribution in [1.82, 2.24) is 5.32 Å². The fraction of sp³-hybridized carbons (Fsp3) is 0.222. The number of rotatable bonds is 3. The molecule has 0 unspecified atom stereocenters. The lowest BCUT2D eigenvalue weighted by Crippen LogP contribution is -2.35. The lowest BCUT2D eigenvalue weighted by Gasteiger charge is -2.07.